The van der Waals surface area contributed by atoms with Crippen LogP contribution in [0.25, 0.3) is 15.3 Å². The lowest BCUT2D eigenvalue weighted by molar-refractivity contribution is -0.0936. The summed E-state index contributed by atoms with van der Waals surface area (Å²) in [6.07, 6.45) is 1.24. The van der Waals surface area contributed by atoms with E-state index in [-0.39, 0.29) is 5.56 Å². The molecule has 0 spiro atoms. The maximum absolute atomic E-state index is 13.1. The van der Waals surface area contributed by atoms with E-state index in [1.807, 2.05) is 31.2 Å². The smallest absolute Gasteiger partial charge is 0.282 e. The number of hydrogen-bond acceptors (Lipinski definition) is 6. The fourth-order valence-corrected chi connectivity index (χ4v) is 3.84. The van der Waals surface area contributed by atoms with Crippen molar-refractivity contribution in [2.45, 2.75) is 33.0 Å². The van der Waals surface area contributed by atoms with Crippen molar-refractivity contribution in [1.82, 2.24) is 14.8 Å². The van der Waals surface area contributed by atoms with Crippen LogP contribution in [-0.4, -0.2) is 47.5 Å². The molecule has 2 aromatic heterocycles. The zero-order valence-electron chi connectivity index (χ0n) is 16.0. The standard InChI is InChI=1S/C19H24N4O3S/c1-5-8-14-17(12(2)20-11-16(25-3)26-4)18(24)23(22-14)19-21-13-9-6-7-10-15(13)27-19/h6-7,9-10,16,22H,5,8,11H2,1-4H3. The molecule has 0 saturated heterocycles. The van der Waals surface area contributed by atoms with Gasteiger partial charge < -0.3 is 9.47 Å². The Morgan fingerprint density at radius 3 is 2.74 bits per heavy atom. The summed E-state index contributed by atoms with van der Waals surface area (Å²) in [5.74, 6) is 0. The van der Waals surface area contributed by atoms with Gasteiger partial charge in [-0.05, 0) is 25.5 Å². The number of benzene rings is 1. The maximum Gasteiger partial charge on any atom is 0.282 e. The number of para-hydroxylation sites is 1. The van der Waals surface area contributed by atoms with Crippen molar-refractivity contribution < 1.29 is 9.47 Å². The number of aromatic nitrogens is 3. The molecule has 0 unspecified atom stereocenters. The molecule has 0 fully saturated rings. The van der Waals surface area contributed by atoms with Gasteiger partial charge >= 0.3 is 0 Å². The Balaban J connectivity index is 2.03. The Bertz CT molecular complexity index is 965. The number of rotatable bonds is 8. The van der Waals surface area contributed by atoms with Gasteiger partial charge in [-0.15, -0.1) is 0 Å². The Morgan fingerprint density at radius 1 is 1.33 bits per heavy atom. The highest BCUT2D eigenvalue weighted by molar-refractivity contribution is 7.20. The molecule has 1 aromatic carbocycles. The fourth-order valence-electron chi connectivity index (χ4n) is 2.91. The average Bonchev–Trinajstić information content (AvgIpc) is 3.23. The van der Waals surface area contributed by atoms with E-state index in [1.165, 1.54) is 16.0 Å². The van der Waals surface area contributed by atoms with E-state index in [0.29, 0.717) is 23.0 Å². The third-order valence-corrected chi connectivity index (χ3v) is 5.33. The summed E-state index contributed by atoms with van der Waals surface area (Å²) in [6, 6.07) is 7.85. The molecule has 2 heterocycles. The second-order valence-corrected chi connectivity index (χ2v) is 7.16. The van der Waals surface area contributed by atoms with E-state index in [0.717, 1.165) is 28.8 Å². The van der Waals surface area contributed by atoms with Gasteiger partial charge in [0.1, 0.15) is 0 Å². The van der Waals surface area contributed by atoms with E-state index in [2.05, 4.69) is 22.0 Å². The summed E-state index contributed by atoms with van der Waals surface area (Å²) >= 11 is 1.48. The van der Waals surface area contributed by atoms with Crippen LogP contribution in [0.15, 0.2) is 34.1 Å². The van der Waals surface area contributed by atoms with Gasteiger partial charge in [-0.1, -0.05) is 36.8 Å². The molecule has 0 amide bonds. The molecule has 0 saturated carbocycles. The summed E-state index contributed by atoms with van der Waals surface area (Å²) in [6.45, 7) is 4.25. The lowest BCUT2D eigenvalue weighted by atomic mass is 10.1. The zero-order valence-corrected chi connectivity index (χ0v) is 16.8. The molecule has 0 aliphatic rings. The highest BCUT2D eigenvalue weighted by atomic mass is 32.1. The number of thiazole rings is 1. The van der Waals surface area contributed by atoms with Crippen LogP contribution in [0.4, 0.5) is 0 Å². The van der Waals surface area contributed by atoms with Crippen molar-refractivity contribution in [3.63, 3.8) is 0 Å². The average molecular weight is 388 g/mol. The highest BCUT2D eigenvalue weighted by Crippen LogP contribution is 2.24. The zero-order chi connectivity index (χ0) is 19.4. The monoisotopic (exact) mass is 388 g/mol. The molecule has 144 valence electrons. The Kier molecular flexibility index (Phi) is 6.20. The Hall–Kier alpha value is -2.29. The first-order chi connectivity index (χ1) is 13.1. The summed E-state index contributed by atoms with van der Waals surface area (Å²) < 4.78 is 12.9. The first-order valence-electron chi connectivity index (χ1n) is 8.85. The molecule has 0 atom stereocenters. The molecule has 7 nitrogen and oxygen atoms in total. The van der Waals surface area contributed by atoms with Crippen LogP contribution >= 0.6 is 11.3 Å². The summed E-state index contributed by atoms with van der Waals surface area (Å²) in [7, 11) is 3.13. The first-order valence-corrected chi connectivity index (χ1v) is 9.67. The van der Waals surface area contributed by atoms with Crippen LogP contribution in [0, 0.1) is 0 Å². The van der Waals surface area contributed by atoms with Crippen molar-refractivity contribution in [2.75, 3.05) is 20.8 Å². The Morgan fingerprint density at radius 2 is 2.07 bits per heavy atom. The number of H-pyrrole nitrogens is 1. The number of hydrogen-bond donors (Lipinski definition) is 1. The predicted molar refractivity (Wildman–Crippen MR) is 108 cm³/mol. The predicted octanol–water partition coefficient (Wildman–Crippen LogP) is 3.16. The molecular formula is C19H24N4O3S. The number of fused-ring (bicyclic) bond motifs is 1. The molecule has 0 bridgehead atoms. The molecular weight excluding hydrogens is 364 g/mol. The third-order valence-electron chi connectivity index (χ3n) is 4.30. The number of nitrogens with zero attached hydrogens (tertiary/aromatic N) is 3. The lowest BCUT2D eigenvalue weighted by Gasteiger charge is -2.10. The summed E-state index contributed by atoms with van der Waals surface area (Å²) in [4.78, 5) is 22.2. The fraction of sp³-hybridized carbons (Fsp3) is 0.421. The minimum Gasteiger partial charge on any atom is -0.354 e. The van der Waals surface area contributed by atoms with E-state index in [9.17, 15) is 4.79 Å². The van der Waals surface area contributed by atoms with Crippen LogP contribution in [0.5, 0.6) is 0 Å². The largest absolute Gasteiger partial charge is 0.354 e. The number of aliphatic imine (C=N–C) groups is 1. The normalized spacial score (nSPS) is 12.4. The number of aryl methyl sites for hydroxylation is 1. The van der Waals surface area contributed by atoms with Crippen LogP contribution in [0.2, 0.25) is 0 Å². The van der Waals surface area contributed by atoms with E-state index < -0.39 is 6.29 Å². The van der Waals surface area contributed by atoms with Crippen molar-refractivity contribution in [2.24, 2.45) is 4.99 Å². The van der Waals surface area contributed by atoms with Crippen molar-refractivity contribution in [1.29, 1.82) is 0 Å². The number of aromatic amines is 1. The molecule has 3 rings (SSSR count). The molecule has 0 aliphatic carbocycles. The second kappa shape index (κ2) is 8.60. The van der Waals surface area contributed by atoms with Gasteiger partial charge in [0.2, 0.25) is 5.13 Å². The summed E-state index contributed by atoms with van der Waals surface area (Å²) in [5, 5.41) is 3.86. The van der Waals surface area contributed by atoms with Crippen LogP contribution < -0.4 is 5.56 Å². The third kappa shape index (κ3) is 4.02. The van der Waals surface area contributed by atoms with Gasteiger partial charge in [-0.3, -0.25) is 14.9 Å². The van der Waals surface area contributed by atoms with Crippen molar-refractivity contribution in [3.05, 3.63) is 45.9 Å². The van der Waals surface area contributed by atoms with Crippen LogP contribution in [-0.2, 0) is 15.9 Å². The van der Waals surface area contributed by atoms with E-state index in [4.69, 9.17) is 9.47 Å². The quantitative estimate of drug-likeness (QED) is 0.475. The molecule has 27 heavy (non-hydrogen) atoms. The lowest BCUT2D eigenvalue weighted by Crippen LogP contribution is -2.22. The van der Waals surface area contributed by atoms with Gasteiger partial charge in [-0.25, -0.2) is 4.98 Å². The minimum absolute atomic E-state index is 0.134. The number of methoxy groups -OCH3 is 2. The summed E-state index contributed by atoms with van der Waals surface area (Å²) in [5.41, 5.74) is 2.88. The van der Waals surface area contributed by atoms with Crippen LogP contribution in [0.3, 0.4) is 0 Å². The SMILES string of the molecule is CCCc1[nH]n(-c2nc3ccccc3s2)c(=O)c1C(C)=NCC(OC)OC. The van der Waals surface area contributed by atoms with Gasteiger partial charge in [0.25, 0.3) is 5.56 Å². The molecule has 0 radical (unpaired) electrons. The van der Waals surface area contributed by atoms with Crippen molar-refractivity contribution >= 4 is 27.3 Å². The number of nitrogens with one attached hydrogen (secondary N) is 1. The van der Waals surface area contributed by atoms with Crippen molar-refractivity contribution in [3.8, 4) is 5.13 Å². The topological polar surface area (TPSA) is 81.5 Å². The van der Waals surface area contributed by atoms with Crippen LogP contribution in [0.1, 0.15) is 31.5 Å². The van der Waals surface area contributed by atoms with Gasteiger partial charge in [0, 0.05) is 25.6 Å². The molecule has 3 aromatic rings. The van der Waals surface area contributed by atoms with Gasteiger partial charge in [0.15, 0.2) is 6.29 Å². The highest BCUT2D eigenvalue weighted by Gasteiger charge is 2.19. The Labute approximate surface area is 161 Å². The minimum atomic E-state index is -0.431. The first kappa shape index (κ1) is 19.5. The maximum atomic E-state index is 13.1. The van der Waals surface area contributed by atoms with Gasteiger partial charge in [-0.2, -0.15) is 4.68 Å². The number of ether oxygens (including phenoxy) is 2. The molecule has 1 N–H and O–H groups in total. The molecule has 8 heteroatoms. The molecule has 0 aliphatic heterocycles. The second-order valence-electron chi connectivity index (χ2n) is 6.15. The van der Waals surface area contributed by atoms with E-state index >= 15 is 0 Å². The van der Waals surface area contributed by atoms with E-state index in [1.54, 1.807) is 14.2 Å². The van der Waals surface area contributed by atoms with Gasteiger partial charge in [0.05, 0.1) is 22.3 Å².